The average Bonchev–Trinajstić information content (AvgIpc) is 3.18. The first kappa shape index (κ1) is 26.0. The third kappa shape index (κ3) is 5.35. The van der Waals surface area contributed by atoms with Gasteiger partial charge in [0.05, 0.1) is 23.8 Å². The molecule has 0 radical (unpaired) electrons. The van der Waals surface area contributed by atoms with Crippen LogP contribution >= 0.6 is 0 Å². The predicted molar refractivity (Wildman–Crippen MR) is 128 cm³/mol. The second-order valence-electron chi connectivity index (χ2n) is 10.4. The molecule has 1 amide bonds. The lowest BCUT2D eigenvalue weighted by Gasteiger charge is -2.33. The summed E-state index contributed by atoms with van der Waals surface area (Å²) in [5.74, 6) is -1.21. The van der Waals surface area contributed by atoms with Gasteiger partial charge in [-0.1, -0.05) is 20.3 Å². The summed E-state index contributed by atoms with van der Waals surface area (Å²) >= 11 is 0. The molecule has 2 atom stereocenters. The number of primary amides is 1. The Labute approximate surface area is 207 Å². The van der Waals surface area contributed by atoms with Gasteiger partial charge in [0, 0.05) is 16.9 Å². The van der Waals surface area contributed by atoms with E-state index in [1.165, 1.54) is 10.7 Å². The number of rotatable bonds is 6. The lowest BCUT2D eigenvalue weighted by atomic mass is 9.76. The number of hydrogen-bond acceptors (Lipinski definition) is 6. The summed E-state index contributed by atoms with van der Waals surface area (Å²) in [6, 6.07) is 4.32. The number of nitrogens with zero attached hydrogens (tertiary/aromatic N) is 2. The number of hydrogen-bond donors (Lipinski definition) is 3. The lowest BCUT2D eigenvalue weighted by Crippen LogP contribution is -2.41. The van der Waals surface area contributed by atoms with Crippen molar-refractivity contribution < 1.29 is 27.5 Å². The van der Waals surface area contributed by atoms with Crippen molar-refractivity contribution in [1.82, 2.24) is 9.78 Å². The van der Waals surface area contributed by atoms with E-state index >= 15 is 0 Å². The van der Waals surface area contributed by atoms with Gasteiger partial charge in [-0.05, 0) is 62.1 Å². The second-order valence-corrected chi connectivity index (χ2v) is 10.4. The molecule has 8 nitrogen and oxygen atoms in total. The summed E-state index contributed by atoms with van der Waals surface area (Å²) in [4.78, 5) is 24.0. The van der Waals surface area contributed by atoms with Gasteiger partial charge >= 0.3 is 12.1 Å². The Morgan fingerprint density at radius 2 is 1.97 bits per heavy atom. The van der Waals surface area contributed by atoms with Gasteiger partial charge in [-0.2, -0.15) is 18.3 Å². The molecule has 1 fully saturated rings. The van der Waals surface area contributed by atoms with Crippen LogP contribution in [-0.2, 0) is 28.5 Å². The third-order valence-corrected chi connectivity index (χ3v) is 7.06. The minimum atomic E-state index is -4.58. The highest BCUT2D eigenvalue weighted by molar-refractivity contribution is 5.99. The molecule has 1 saturated carbocycles. The number of ether oxygens (including phenoxy) is 1. The molecule has 36 heavy (non-hydrogen) atoms. The number of fused-ring (bicyclic) bond motifs is 1. The summed E-state index contributed by atoms with van der Waals surface area (Å²) in [7, 11) is 0. The number of nitrogens with two attached hydrogens (primary N) is 2. The Balaban J connectivity index is 1.75. The number of amides is 1. The Hall–Kier alpha value is -3.08. The molecule has 5 N–H and O–H groups in total. The molecular formula is C25H32F3N5O3. The summed E-state index contributed by atoms with van der Waals surface area (Å²) in [6.45, 7) is 3.80. The van der Waals surface area contributed by atoms with E-state index in [1.807, 2.05) is 13.8 Å². The molecule has 11 heteroatoms. The van der Waals surface area contributed by atoms with E-state index in [9.17, 15) is 22.8 Å². The number of nitrogens with one attached hydrogen (secondary N) is 1. The van der Waals surface area contributed by atoms with Crippen LogP contribution in [0.4, 0.5) is 18.9 Å². The minimum absolute atomic E-state index is 0.177. The number of halogens is 3. The van der Waals surface area contributed by atoms with Crippen LogP contribution in [0.2, 0.25) is 0 Å². The summed E-state index contributed by atoms with van der Waals surface area (Å²) < 4.78 is 48.3. The second kappa shape index (κ2) is 9.76. The van der Waals surface area contributed by atoms with Crippen LogP contribution < -0.4 is 16.8 Å². The third-order valence-electron chi connectivity index (χ3n) is 7.06. The van der Waals surface area contributed by atoms with E-state index in [-0.39, 0.29) is 35.5 Å². The Morgan fingerprint density at radius 3 is 2.64 bits per heavy atom. The number of benzene rings is 1. The Morgan fingerprint density at radius 1 is 1.25 bits per heavy atom. The largest absolute Gasteiger partial charge is 0.459 e. The molecule has 1 aromatic heterocycles. The molecule has 4 rings (SSSR count). The standard InChI is InChI=1S/C25H32F3N5O3/c1-24(2)10-9-16-19(12-24)33(32-22(16)25(26,27)28)14-7-8-15(23(30)35)18(11-14)31-17-5-3-4-6-20(17)36-21(34)13-29/h7-8,11,17,20,31H,3-6,9-10,12-13,29H2,1-2H3,(H2,30,35). The first-order chi connectivity index (χ1) is 16.9. The molecule has 1 heterocycles. The van der Waals surface area contributed by atoms with Gasteiger partial charge in [-0.15, -0.1) is 0 Å². The number of esters is 1. The predicted octanol–water partition coefficient (Wildman–Crippen LogP) is 3.73. The van der Waals surface area contributed by atoms with E-state index < -0.39 is 29.9 Å². The van der Waals surface area contributed by atoms with Gasteiger partial charge < -0.3 is 21.5 Å². The van der Waals surface area contributed by atoms with Gasteiger partial charge in [-0.3, -0.25) is 9.59 Å². The smallest absolute Gasteiger partial charge is 0.435 e. The maximum Gasteiger partial charge on any atom is 0.435 e. The molecular weight excluding hydrogens is 475 g/mol. The van der Waals surface area contributed by atoms with Crippen molar-refractivity contribution in [2.24, 2.45) is 16.9 Å². The zero-order valence-electron chi connectivity index (χ0n) is 20.5. The van der Waals surface area contributed by atoms with E-state index in [0.29, 0.717) is 42.8 Å². The van der Waals surface area contributed by atoms with E-state index in [0.717, 1.165) is 12.8 Å². The van der Waals surface area contributed by atoms with Crippen LogP contribution in [0, 0.1) is 5.41 Å². The molecule has 1 aromatic carbocycles. The molecule has 0 bridgehead atoms. The van der Waals surface area contributed by atoms with Crippen molar-refractivity contribution in [2.45, 2.75) is 77.1 Å². The number of aromatic nitrogens is 2. The van der Waals surface area contributed by atoms with Crippen molar-refractivity contribution in [3.05, 3.63) is 40.7 Å². The van der Waals surface area contributed by atoms with E-state index in [2.05, 4.69) is 10.4 Å². The lowest BCUT2D eigenvalue weighted by molar-refractivity contribution is -0.149. The molecule has 2 aromatic rings. The van der Waals surface area contributed by atoms with Crippen molar-refractivity contribution in [2.75, 3.05) is 11.9 Å². The van der Waals surface area contributed by atoms with Gasteiger partial charge in [-0.25, -0.2) is 4.68 Å². The molecule has 2 aliphatic rings. The summed E-state index contributed by atoms with van der Waals surface area (Å²) in [6.07, 6.45) is -0.603. The normalized spacial score (nSPS) is 21.5. The Kier molecular flexibility index (Phi) is 7.05. The molecule has 0 saturated heterocycles. The summed E-state index contributed by atoms with van der Waals surface area (Å²) in [5, 5.41) is 7.26. The van der Waals surface area contributed by atoms with Crippen LogP contribution in [-0.4, -0.2) is 40.3 Å². The van der Waals surface area contributed by atoms with E-state index in [4.69, 9.17) is 16.2 Å². The number of carbonyl (C=O) groups is 2. The number of carbonyl (C=O) groups excluding carboxylic acids is 2. The average molecular weight is 508 g/mol. The van der Waals surface area contributed by atoms with Crippen LogP contribution in [0.15, 0.2) is 18.2 Å². The zero-order chi connectivity index (χ0) is 26.3. The zero-order valence-corrected chi connectivity index (χ0v) is 20.5. The first-order valence-corrected chi connectivity index (χ1v) is 12.2. The highest BCUT2D eigenvalue weighted by atomic mass is 19.4. The molecule has 2 aliphatic carbocycles. The van der Waals surface area contributed by atoms with Crippen molar-refractivity contribution in [3.63, 3.8) is 0 Å². The van der Waals surface area contributed by atoms with Gasteiger partial charge in [0.25, 0.3) is 5.91 Å². The minimum Gasteiger partial charge on any atom is -0.459 e. The maximum absolute atomic E-state index is 13.8. The number of alkyl halides is 3. The molecule has 0 spiro atoms. The fourth-order valence-electron chi connectivity index (χ4n) is 5.19. The fourth-order valence-corrected chi connectivity index (χ4v) is 5.19. The van der Waals surface area contributed by atoms with Crippen LogP contribution in [0.3, 0.4) is 0 Å². The van der Waals surface area contributed by atoms with Crippen LogP contribution in [0.1, 0.15) is 73.3 Å². The van der Waals surface area contributed by atoms with Crippen LogP contribution in [0.25, 0.3) is 5.69 Å². The van der Waals surface area contributed by atoms with Gasteiger partial charge in [0.1, 0.15) is 6.10 Å². The number of anilines is 1. The molecule has 196 valence electrons. The highest BCUT2D eigenvalue weighted by Gasteiger charge is 2.42. The maximum atomic E-state index is 13.8. The van der Waals surface area contributed by atoms with E-state index in [1.54, 1.807) is 12.1 Å². The van der Waals surface area contributed by atoms with Crippen molar-refractivity contribution in [1.29, 1.82) is 0 Å². The molecule has 0 aliphatic heterocycles. The van der Waals surface area contributed by atoms with Crippen molar-refractivity contribution >= 4 is 17.6 Å². The SMILES string of the molecule is CC1(C)CCc2c(C(F)(F)F)nn(-c3ccc(C(N)=O)c(NC4CCCCC4OC(=O)CN)c3)c2C1. The van der Waals surface area contributed by atoms with Crippen LogP contribution in [0.5, 0.6) is 0 Å². The molecule has 2 unspecified atom stereocenters. The first-order valence-electron chi connectivity index (χ1n) is 12.2. The Bertz CT molecular complexity index is 1160. The van der Waals surface area contributed by atoms with Gasteiger partial charge in [0.15, 0.2) is 5.69 Å². The quantitative estimate of drug-likeness (QED) is 0.512. The van der Waals surface area contributed by atoms with Crippen molar-refractivity contribution in [3.8, 4) is 5.69 Å². The fraction of sp³-hybridized carbons (Fsp3) is 0.560. The van der Waals surface area contributed by atoms with Gasteiger partial charge in [0.2, 0.25) is 0 Å². The monoisotopic (exact) mass is 507 g/mol. The summed E-state index contributed by atoms with van der Waals surface area (Å²) in [5.41, 5.74) is 11.6. The highest BCUT2D eigenvalue weighted by Crippen LogP contribution is 2.42. The topological polar surface area (TPSA) is 125 Å².